The topological polar surface area (TPSA) is 64.1 Å². The van der Waals surface area contributed by atoms with Gasteiger partial charge in [0.25, 0.3) is 0 Å². The molecule has 0 aliphatic carbocycles. The predicted octanol–water partition coefficient (Wildman–Crippen LogP) is 3.22. The van der Waals surface area contributed by atoms with Gasteiger partial charge in [-0.25, -0.2) is 4.99 Å². The van der Waals surface area contributed by atoms with Crippen LogP contribution < -0.4 is 15.4 Å². The lowest BCUT2D eigenvalue weighted by atomic mass is 10.2. The van der Waals surface area contributed by atoms with Gasteiger partial charge in [-0.2, -0.15) is 0 Å². The van der Waals surface area contributed by atoms with Crippen molar-refractivity contribution in [2.24, 2.45) is 4.99 Å². The van der Waals surface area contributed by atoms with Crippen molar-refractivity contribution in [2.45, 2.75) is 32.4 Å². The highest BCUT2D eigenvalue weighted by Gasteiger charge is 2.15. The molecule has 1 aliphatic heterocycles. The molecule has 1 atom stereocenters. The van der Waals surface area contributed by atoms with Crippen molar-refractivity contribution in [3.8, 4) is 5.75 Å². The van der Waals surface area contributed by atoms with Crippen LogP contribution in [0.5, 0.6) is 5.75 Å². The Labute approximate surface area is 178 Å². The zero-order valence-electron chi connectivity index (χ0n) is 15.4. The van der Waals surface area contributed by atoms with Crippen molar-refractivity contribution >= 4 is 41.5 Å². The molecule has 1 fully saturated rings. The molecule has 1 aromatic carbocycles. The minimum atomic E-state index is 0. The van der Waals surface area contributed by atoms with Crippen molar-refractivity contribution in [3.63, 3.8) is 0 Å². The van der Waals surface area contributed by atoms with E-state index in [1.54, 1.807) is 13.2 Å². The van der Waals surface area contributed by atoms with Gasteiger partial charge < -0.3 is 24.8 Å². The highest BCUT2D eigenvalue weighted by molar-refractivity contribution is 14.0. The monoisotopic (exact) mass is 497 g/mol. The van der Waals surface area contributed by atoms with Crippen LogP contribution >= 0.6 is 35.6 Å². The summed E-state index contributed by atoms with van der Waals surface area (Å²) >= 11 is 5.99. The molecule has 0 bridgehead atoms. The number of hydrogen-bond acceptors (Lipinski definition) is 4. The van der Waals surface area contributed by atoms with Crippen LogP contribution in [0, 0.1) is 0 Å². The third-order valence-electron chi connectivity index (χ3n) is 3.86. The molecule has 1 aromatic rings. The second kappa shape index (κ2) is 13.4. The molecule has 1 saturated heterocycles. The van der Waals surface area contributed by atoms with Crippen LogP contribution in [0.4, 0.5) is 0 Å². The smallest absolute Gasteiger partial charge is 0.191 e. The van der Waals surface area contributed by atoms with E-state index in [-0.39, 0.29) is 30.1 Å². The van der Waals surface area contributed by atoms with Gasteiger partial charge in [-0.3, -0.25) is 0 Å². The van der Waals surface area contributed by atoms with Crippen LogP contribution in [0.1, 0.15) is 25.3 Å². The molecule has 148 valence electrons. The highest BCUT2D eigenvalue weighted by Crippen LogP contribution is 2.23. The largest absolute Gasteiger partial charge is 0.496 e. The summed E-state index contributed by atoms with van der Waals surface area (Å²) in [6, 6.07) is 5.59. The number of guanidine groups is 1. The number of rotatable bonds is 9. The lowest BCUT2D eigenvalue weighted by molar-refractivity contribution is 0.0420. The maximum absolute atomic E-state index is 5.99. The summed E-state index contributed by atoms with van der Waals surface area (Å²) in [4.78, 5) is 4.61. The van der Waals surface area contributed by atoms with E-state index in [2.05, 4.69) is 15.6 Å². The molecule has 8 heteroatoms. The fourth-order valence-electron chi connectivity index (χ4n) is 2.53. The highest BCUT2D eigenvalue weighted by atomic mass is 127. The van der Waals surface area contributed by atoms with Crippen LogP contribution in [-0.2, 0) is 16.0 Å². The Hall–Kier alpha value is -0.770. The van der Waals surface area contributed by atoms with Gasteiger partial charge >= 0.3 is 0 Å². The average molecular weight is 498 g/mol. The number of benzene rings is 1. The maximum Gasteiger partial charge on any atom is 0.191 e. The fraction of sp³-hybridized carbons (Fsp3) is 0.611. The lowest BCUT2D eigenvalue weighted by Crippen LogP contribution is -2.38. The normalized spacial score (nSPS) is 16.9. The summed E-state index contributed by atoms with van der Waals surface area (Å²) in [6.45, 7) is 6.44. The standard InChI is InChI=1S/C18H28ClN3O3.HI/c1-3-20-18(21-8-4-9-25-16-7-10-24-13-16)22-12-14-5-6-15(19)11-17(14)23-2;/h5-6,11,16H,3-4,7-10,12-13H2,1-2H3,(H2,20,21,22);1H. The zero-order chi connectivity index (χ0) is 17.9. The molecule has 0 saturated carbocycles. The van der Waals surface area contributed by atoms with E-state index in [9.17, 15) is 0 Å². The van der Waals surface area contributed by atoms with E-state index in [4.69, 9.17) is 25.8 Å². The number of nitrogens with one attached hydrogen (secondary N) is 2. The van der Waals surface area contributed by atoms with Gasteiger partial charge in [0.2, 0.25) is 0 Å². The molecule has 1 heterocycles. The molecular weight excluding hydrogens is 469 g/mol. The van der Waals surface area contributed by atoms with Gasteiger partial charge in [-0.1, -0.05) is 17.7 Å². The summed E-state index contributed by atoms with van der Waals surface area (Å²) < 4.78 is 16.4. The van der Waals surface area contributed by atoms with Gasteiger partial charge in [0.05, 0.1) is 26.4 Å². The summed E-state index contributed by atoms with van der Waals surface area (Å²) in [5.41, 5.74) is 0.994. The number of halogens is 2. The van der Waals surface area contributed by atoms with E-state index in [0.717, 1.165) is 63.0 Å². The average Bonchev–Trinajstić information content (AvgIpc) is 3.13. The van der Waals surface area contributed by atoms with Crippen molar-refractivity contribution < 1.29 is 14.2 Å². The number of methoxy groups -OCH3 is 1. The number of aliphatic imine (C=N–C) groups is 1. The van der Waals surface area contributed by atoms with Crippen molar-refractivity contribution in [2.75, 3.05) is 40.0 Å². The third-order valence-corrected chi connectivity index (χ3v) is 4.09. The predicted molar refractivity (Wildman–Crippen MR) is 116 cm³/mol. The van der Waals surface area contributed by atoms with Crippen molar-refractivity contribution in [3.05, 3.63) is 28.8 Å². The van der Waals surface area contributed by atoms with Gasteiger partial charge in [0.15, 0.2) is 5.96 Å². The second-order valence-electron chi connectivity index (χ2n) is 5.79. The number of hydrogen-bond donors (Lipinski definition) is 2. The fourth-order valence-corrected chi connectivity index (χ4v) is 2.69. The first-order chi connectivity index (χ1) is 12.2. The van der Waals surface area contributed by atoms with Gasteiger partial charge in [0.1, 0.15) is 5.75 Å². The second-order valence-corrected chi connectivity index (χ2v) is 6.22. The molecule has 0 amide bonds. The number of nitrogens with zero attached hydrogens (tertiary/aromatic N) is 1. The van der Waals surface area contributed by atoms with E-state index < -0.39 is 0 Å². The van der Waals surface area contributed by atoms with Crippen LogP contribution in [0.2, 0.25) is 5.02 Å². The Kier molecular flexibility index (Phi) is 12.0. The molecule has 2 rings (SSSR count). The lowest BCUT2D eigenvalue weighted by Gasteiger charge is -2.13. The third kappa shape index (κ3) is 8.28. The zero-order valence-corrected chi connectivity index (χ0v) is 18.5. The molecule has 0 spiro atoms. The first-order valence-corrected chi connectivity index (χ1v) is 9.14. The van der Waals surface area contributed by atoms with Gasteiger partial charge in [-0.15, -0.1) is 24.0 Å². The Morgan fingerprint density at radius 2 is 2.23 bits per heavy atom. The van der Waals surface area contributed by atoms with Crippen LogP contribution in [0.25, 0.3) is 0 Å². The molecule has 1 unspecified atom stereocenters. The molecule has 0 radical (unpaired) electrons. The van der Waals surface area contributed by atoms with E-state index in [1.807, 2.05) is 19.1 Å². The first-order valence-electron chi connectivity index (χ1n) is 8.77. The molecular formula is C18H29ClIN3O3. The molecule has 6 nitrogen and oxygen atoms in total. The summed E-state index contributed by atoms with van der Waals surface area (Å²) in [7, 11) is 1.64. The van der Waals surface area contributed by atoms with E-state index >= 15 is 0 Å². The molecule has 0 aromatic heterocycles. The number of ether oxygens (including phenoxy) is 3. The Morgan fingerprint density at radius 1 is 1.38 bits per heavy atom. The van der Waals surface area contributed by atoms with E-state index in [0.29, 0.717) is 11.6 Å². The Balaban J connectivity index is 0.00000338. The summed E-state index contributed by atoms with van der Waals surface area (Å²) in [6.07, 6.45) is 2.19. The van der Waals surface area contributed by atoms with Crippen molar-refractivity contribution in [1.82, 2.24) is 10.6 Å². The van der Waals surface area contributed by atoms with Crippen molar-refractivity contribution in [1.29, 1.82) is 0 Å². The molecule has 26 heavy (non-hydrogen) atoms. The summed E-state index contributed by atoms with van der Waals surface area (Å²) in [5.74, 6) is 1.53. The Morgan fingerprint density at radius 3 is 2.92 bits per heavy atom. The minimum absolute atomic E-state index is 0. The molecule has 2 N–H and O–H groups in total. The summed E-state index contributed by atoms with van der Waals surface area (Å²) in [5, 5.41) is 7.23. The SMILES string of the molecule is CCNC(=NCc1ccc(Cl)cc1OC)NCCCOC1CCOC1.I. The van der Waals surface area contributed by atoms with Crippen LogP contribution in [0.3, 0.4) is 0 Å². The van der Waals surface area contributed by atoms with Gasteiger partial charge in [0, 0.05) is 36.9 Å². The maximum atomic E-state index is 5.99. The van der Waals surface area contributed by atoms with E-state index in [1.165, 1.54) is 0 Å². The van der Waals surface area contributed by atoms with Crippen LogP contribution in [0.15, 0.2) is 23.2 Å². The minimum Gasteiger partial charge on any atom is -0.496 e. The first kappa shape index (κ1) is 23.3. The Bertz CT molecular complexity index is 554. The van der Waals surface area contributed by atoms with Crippen LogP contribution in [-0.4, -0.2) is 52.1 Å². The molecule has 1 aliphatic rings. The van der Waals surface area contributed by atoms with Gasteiger partial charge in [-0.05, 0) is 31.9 Å². The quantitative estimate of drug-likeness (QED) is 0.237.